The standard InChI is InChI=1S/C42H52IN7O15/c1-7-41(4,43)23-15-27(52)50(38(23)59)14-11-26(51)46-19(2)36(57)47-20(3)37(58)48-49-40(61)45-13-12-44-39(60)42(62)16-22-29(25(17-42)65-18-63-5)35(56)31-30(33(22)54)32(53)21-9-8-10-24(64-6)28(21)34(31)55/h8-10,19-20,23,25,54,56,62H,7,11-18H2,1-6H3,(H,44,60)(H,46,51)(H,47,57)(H,48,58)(H2,45,49,61)/t19-,20-,23?,25-,41?,42-/m0/s1. The third-order valence-corrected chi connectivity index (χ3v) is 13.1. The van der Waals surface area contributed by atoms with Crippen molar-refractivity contribution in [3.05, 3.63) is 51.6 Å². The number of amides is 8. The number of hydrazine groups is 1. The van der Waals surface area contributed by atoms with Gasteiger partial charge < -0.3 is 50.8 Å². The van der Waals surface area contributed by atoms with E-state index in [-0.39, 0.29) is 72.3 Å². The summed E-state index contributed by atoms with van der Waals surface area (Å²) >= 11 is 2.16. The van der Waals surface area contributed by atoms with Gasteiger partial charge >= 0.3 is 6.03 Å². The Hall–Kier alpha value is -5.92. The molecule has 2 aromatic carbocycles. The molecule has 0 saturated carbocycles. The van der Waals surface area contributed by atoms with Crippen LogP contribution < -0.4 is 36.9 Å². The number of methoxy groups -OCH3 is 2. The Bertz CT molecular complexity index is 2300. The highest BCUT2D eigenvalue weighted by Crippen LogP contribution is 2.52. The van der Waals surface area contributed by atoms with Crippen LogP contribution in [0.4, 0.5) is 4.79 Å². The number of halogens is 1. The van der Waals surface area contributed by atoms with Gasteiger partial charge in [-0.1, -0.05) is 41.6 Å². The molecule has 1 aliphatic heterocycles. The normalized spacial score (nSPS) is 20.6. The lowest BCUT2D eigenvalue weighted by Gasteiger charge is -2.38. The molecule has 1 heterocycles. The Kier molecular flexibility index (Phi) is 15.8. The maximum absolute atomic E-state index is 13.7. The lowest BCUT2D eigenvalue weighted by Crippen LogP contribution is -2.56. The second kappa shape index (κ2) is 20.5. The maximum atomic E-state index is 13.7. The molecule has 1 fully saturated rings. The van der Waals surface area contributed by atoms with Crippen molar-refractivity contribution in [2.45, 2.75) is 87.0 Å². The number of imide groups is 1. The van der Waals surface area contributed by atoms with Crippen molar-refractivity contribution >= 4 is 75.6 Å². The van der Waals surface area contributed by atoms with Gasteiger partial charge in [-0.3, -0.25) is 48.7 Å². The molecule has 2 aromatic rings. The number of likely N-dealkylation sites (tertiary alicyclic amines) is 1. The number of hydrogen-bond acceptors (Lipinski definition) is 15. The first-order valence-electron chi connectivity index (χ1n) is 20.6. The largest absolute Gasteiger partial charge is 0.507 e. The number of phenolic OH excluding ortho intramolecular Hbond substituents is 2. The van der Waals surface area contributed by atoms with Crippen LogP contribution in [0.15, 0.2) is 18.2 Å². The van der Waals surface area contributed by atoms with E-state index in [1.165, 1.54) is 46.3 Å². The van der Waals surface area contributed by atoms with Crippen LogP contribution in [0.1, 0.15) is 102 Å². The number of alkyl halides is 1. The SMILES string of the molecule is CCC(C)(I)C1CC(=O)N(CCC(=O)N[C@@H](C)C(=O)N[C@@H](C)C(=O)NNC(=O)NCCNC(=O)[C@]2(O)Cc3c(O)c4c(c(O)c3[C@@H](OCOC)C2)C(=O)c2c(OC)cccc2C4=O)C1=O. The Balaban J connectivity index is 1.09. The zero-order valence-electron chi connectivity index (χ0n) is 36.5. The minimum absolute atomic E-state index is 0.0611. The van der Waals surface area contributed by atoms with Crippen molar-refractivity contribution < 1.29 is 72.7 Å². The molecule has 0 aromatic heterocycles. The third kappa shape index (κ3) is 10.5. The molecule has 6 atom stereocenters. The fourth-order valence-corrected chi connectivity index (χ4v) is 8.29. The van der Waals surface area contributed by atoms with Crippen molar-refractivity contribution in [3.8, 4) is 17.2 Å². The predicted molar refractivity (Wildman–Crippen MR) is 234 cm³/mol. The van der Waals surface area contributed by atoms with Gasteiger partial charge in [0, 0.05) is 72.5 Å². The second-order valence-corrected chi connectivity index (χ2v) is 18.5. The molecule has 1 saturated heterocycles. The number of phenols is 2. The first-order valence-corrected chi connectivity index (χ1v) is 21.6. The number of aliphatic hydroxyl groups is 1. The van der Waals surface area contributed by atoms with E-state index in [4.69, 9.17) is 14.2 Å². The van der Waals surface area contributed by atoms with Crippen LogP contribution in [-0.4, -0.2) is 135 Å². The fourth-order valence-electron chi connectivity index (χ4n) is 7.80. The van der Waals surface area contributed by atoms with Gasteiger partial charge in [-0.15, -0.1) is 0 Å². The number of ketones is 2. The number of nitrogens with zero attached hydrogens (tertiary/aromatic N) is 1. The molecule has 3 aliphatic rings. The highest BCUT2D eigenvalue weighted by Gasteiger charge is 2.50. The van der Waals surface area contributed by atoms with Crippen LogP contribution in [0.2, 0.25) is 0 Å². The number of nitrogens with one attached hydrogen (secondary N) is 6. The van der Waals surface area contributed by atoms with E-state index in [0.29, 0.717) is 6.42 Å². The van der Waals surface area contributed by atoms with Crippen LogP contribution in [0.25, 0.3) is 0 Å². The summed E-state index contributed by atoms with van der Waals surface area (Å²) in [5.74, 6) is -7.31. The summed E-state index contributed by atoms with van der Waals surface area (Å²) in [5.41, 5.74) is 0.327. The molecule has 2 unspecified atom stereocenters. The summed E-state index contributed by atoms with van der Waals surface area (Å²) in [6.07, 6.45) is -1.94. The molecule has 8 amide bonds. The van der Waals surface area contributed by atoms with Gasteiger partial charge in [0.25, 0.3) is 11.8 Å². The first-order chi connectivity index (χ1) is 30.6. The number of urea groups is 1. The molecule has 0 spiro atoms. The van der Waals surface area contributed by atoms with Gasteiger partial charge in [-0.2, -0.15) is 0 Å². The van der Waals surface area contributed by atoms with Crippen LogP contribution in [0, 0.1) is 5.92 Å². The minimum Gasteiger partial charge on any atom is -0.507 e. The van der Waals surface area contributed by atoms with Crippen LogP contribution in [-0.2, 0) is 44.7 Å². The van der Waals surface area contributed by atoms with E-state index >= 15 is 0 Å². The lowest BCUT2D eigenvalue weighted by atomic mass is 9.72. The van der Waals surface area contributed by atoms with E-state index in [9.17, 15) is 58.5 Å². The first kappa shape index (κ1) is 50.1. The number of benzene rings is 2. The Morgan fingerprint density at radius 1 is 0.923 bits per heavy atom. The average Bonchev–Trinajstić information content (AvgIpc) is 3.57. The molecule has 22 nitrogen and oxygen atoms in total. The Morgan fingerprint density at radius 2 is 1.58 bits per heavy atom. The highest BCUT2D eigenvalue weighted by atomic mass is 127. The van der Waals surface area contributed by atoms with Crippen LogP contribution in [0.5, 0.6) is 17.2 Å². The molecular formula is C42H52IN7O15. The van der Waals surface area contributed by atoms with E-state index in [1.807, 2.05) is 13.8 Å². The zero-order chi connectivity index (χ0) is 48.1. The highest BCUT2D eigenvalue weighted by molar-refractivity contribution is 14.1. The van der Waals surface area contributed by atoms with E-state index in [1.54, 1.807) is 0 Å². The summed E-state index contributed by atoms with van der Waals surface area (Å²) < 4.78 is 15.6. The smallest absolute Gasteiger partial charge is 0.333 e. The third-order valence-electron chi connectivity index (χ3n) is 11.6. The maximum Gasteiger partial charge on any atom is 0.333 e. The van der Waals surface area contributed by atoms with Gasteiger partial charge in [-0.05, 0) is 33.3 Å². The average molecular weight is 1020 g/mol. The molecule has 352 valence electrons. The molecule has 9 N–H and O–H groups in total. The Labute approximate surface area is 386 Å². The molecule has 65 heavy (non-hydrogen) atoms. The number of carbonyl (C=O) groups is 9. The van der Waals surface area contributed by atoms with Gasteiger partial charge in [0.1, 0.15) is 41.7 Å². The zero-order valence-corrected chi connectivity index (χ0v) is 38.6. The van der Waals surface area contributed by atoms with Crippen molar-refractivity contribution in [2.75, 3.05) is 40.6 Å². The summed E-state index contributed by atoms with van der Waals surface area (Å²) in [6, 6.07) is 1.08. The summed E-state index contributed by atoms with van der Waals surface area (Å²) in [5, 5.41) is 44.4. The number of ether oxygens (including phenoxy) is 3. The van der Waals surface area contributed by atoms with Gasteiger partial charge in [0.2, 0.25) is 29.4 Å². The molecule has 0 radical (unpaired) electrons. The van der Waals surface area contributed by atoms with Crippen LogP contribution in [0.3, 0.4) is 0 Å². The molecule has 23 heteroatoms. The number of aromatic hydroxyl groups is 2. The summed E-state index contributed by atoms with van der Waals surface area (Å²) in [4.78, 5) is 118. The monoisotopic (exact) mass is 1020 g/mol. The number of rotatable bonds is 17. The quantitative estimate of drug-likeness (QED) is 0.0164. The number of carbonyl (C=O) groups excluding carboxylic acids is 9. The second-order valence-electron chi connectivity index (χ2n) is 16.0. The van der Waals surface area contributed by atoms with Gasteiger partial charge in [-0.25, -0.2) is 10.2 Å². The van der Waals surface area contributed by atoms with E-state index < -0.39 is 117 Å². The predicted octanol–water partition coefficient (Wildman–Crippen LogP) is 0.0456. The van der Waals surface area contributed by atoms with E-state index in [0.717, 1.165) is 4.90 Å². The van der Waals surface area contributed by atoms with Crippen molar-refractivity contribution in [3.63, 3.8) is 0 Å². The van der Waals surface area contributed by atoms with Crippen molar-refractivity contribution in [1.29, 1.82) is 0 Å². The van der Waals surface area contributed by atoms with Crippen molar-refractivity contribution in [2.24, 2.45) is 5.92 Å². The lowest BCUT2D eigenvalue weighted by molar-refractivity contribution is -0.151. The fraction of sp³-hybridized carbons (Fsp3) is 0.500. The number of fused-ring (bicyclic) bond motifs is 3. The van der Waals surface area contributed by atoms with Crippen LogP contribution >= 0.6 is 22.6 Å². The van der Waals surface area contributed by atoms with Gasteiger partial charge in [0.05, 0.1) is 35.8 Å². The van der Waals surface area contributed by atoms with E-state index in [2.05, 4.69) is 54.7 Å². The molecule has 2 aliphatic carbocycles. The van der Waals surface area contributed by atoms with Gasteiger partial charge in [0.15, 0.2) is 5.78 Å². The summed E-state index contributed by atoms with van der Waals surface area (Å²) in [7, 11) is 2.60. The molecule has 5 rings (SSSR count). The van der Waals surface area contributed by atoms with Crippen molar-refractivity contribution in [1.82, 2.24) is 37.0 Å². The summed E-state index contributed by atoms with van der Waals surface area (Å²) in [6.45, 7) is 5.47. The minimum atomic E-state index is -2.31. The topological polar surface area (TPSA) is 317 Å². The Morgan fingerprint density at radius 3 is 2.25 bits per heavy atom. The number of hydrogen-bond donors (Lipinski definition) is 9. The molecular weight excluding hydrogens is 969 g/mol. The molecule has 0 bridgehead atoms.